The Hall–Kier alpha value is -1.38. The van der Waals surface area contributed by atoms with Crippen LogP contribution in [0, 0.1) is 3.95 Å². The molecule has 1 unspecified atom stereocenters. The van der Waals surface area contributed by atoms with E-state index in [1.807, 2.05) is 24.3 Å². The van der Waals surface area contributed by atoms with Crippen molar-refractivity contribution in [1.29, 1.82) is 0 Å². The van der Waals surface area contributed by atoms with Crippen LogP contribution in [0.5, 0.6) is 5.75 Å². The average Bonchev–Trinajstić information content (AvgIpc) is 3.05. The van der Waals surface area contributed by atoms with E-state index in [0.717, 1.165) is 11.3 Å². The first-order chi connectivity index (χ1) is 9.69. The van der Waals surface area contributed by atoms with Crippen LogP contribution in [0.1, 0.15) is 10.9 Å². The zero-order valence-electron chi connectivity index (χ0n) is 10.5. The molecule has 0 spiro atoms. The van der Waals surface area contributed by atoms with Crippen molar-refractivity contribution in [3.63, 3.8) is 0 Å². The summed E-state index contributed by atoms with van der Waals surface area (Å²) in [5.74, 6) is 1.29. The van der Waals surface area contributed by atoms with Gasteiger partial charge in [0.25, 0.3) is 0 Å². The number of nitrogens with zero attached hydrogens (tertiary/aromatic N) is 2. The maximum Gasteiger partial charge on any atom is 0.240 e. The van der Waals surface area contributed by atoms with E-state index in [-0.39, 0.29) is 11.3 Å². The largest absolute Gasteiger partial charge is 0.497 e. The number of hydrogen-bond acceptors (Lipinski definition) is 6. The molecule has 20 heavy (non-hydrogen) atoms. The molecule has 3 rings (SSSR count). The van der Waals surface area contributed by atoms with E-state index in [2.05, 4.69) is 10.2 Å². The Morgan fingerprint density at radius 3 is 2.80 bits per heavy atom. The lowest BCUT2D eigenvalue weighted by Gasteiger charge is -2.21. The highest BCUT2D eigenvalue weighted by molar-refractivity contribution is 8.00. The SMILES string of the molecule is COc1ccc(C2SCC(=O)N2c2n[nH]c(=S)s2)cc1. The quantitative estimate of drug-likeness (QED) is 0.879. The monoisotopic (exact) mass is 325 g/mol. The van der Waals surface area contributed by atoms with Crippen LogP contribution in [0.3, 0.4) is 0 Å². The Labute approximate surface area is 129 Å². The number of amides is 1. The van der Waals surface area contributed by atoms with Crippen molar-refractivity contribution < 1.29 is 9.53 Å². The first kappa shape index (κ1) is 13.6. The molecule has 2 aromatic rings. The van der Waals surface area contributed by atoms with Crippen LogP contribution >= 0.6 is 35.3 Å². The molecule has 1 aromatic heterocycles. The molecular weight excluding hydrogens is 314 g/mol. The fourth-order valence-corrected chi connectivity index (χ4v) is 4.12. The van der Waals surface area contributed by atoms with Gasteiger partial charge in [-0.1, -0.05) is 23.5 Å². The molecule has 8 heteroatoms. The highest BCUT2D eigenvalue weighted by Crippen LogP contribution is 2.42. The van der Waals surface area contributed by atoms with Gasteiger partial charge in [0.2, 0.25) is 11.0 Å². The van der Waals surface area contributed by atoms with Gasteiger partial charge in [-0.2, -0.15) is 0 Å². The molecule has 0 aliphatic carbocycles. The normalized spacial score (nSPS) is 18.6. The second-order valence-electron chi connectivity index (χ2n) is 4.10. The molecule has 0 bridgehead atoms. The lowest BCUT2D eigenvalue weighted by atomic mass is 10.2. The Bertz CT molecular complexity index is 680. The fourth-order valence-electron chi connectivity index (χ4n) is 1.97. The van der Waals surface area contributed by atoms with Gasteiger partial charge >= 0.3 is 0 Å². The van der Waals surface area contributed by atoms with E-state index in [0.29, 0.717) is 14.8 Å². The van der Waals surface area contributed by atoms with Crippen molar-refractivity contribution >= 4 is 46.4 Å². The van der Waals surface area contributed by atoms with E-state index in [1.165, 1.54) is 11.3 Å². The van der Waals surface area contributed by atoms with Crippen molar-refractivity contribution in [2.24, 2.45) is 0 Å². The number of aromatic amines is 1. The van der Waals surface area contributed by atoms with Crippen LogP contribution in [0.25, 0.3) is 0 Å². The maximum absolute atomic E-state index is 12.1. The Morgan fingerprint density at radius 1 is 1.45 bits per heavy atom. The highest BCUT2D eigenvalue weighted by atomic mass is 32.2. The van der Waals surface area contributed by atoms with Gasteiger partial charge in [-0.25, -0.2) is 0 Å². The van der Waals surface area contributed by atoms with Crippen LogP contribution in [0.15, 0.2) is 24.3 Å². The third-order valence-electron chi connectivity index (χ3n) is 2.90. The Morgan fingerprint density at radius 2 is 2.20 bits per heavy atom. The summed E-state index contributed by atoms with van der Waals surface area (Å²) in [6.45, 7) is 0. The van der Waals surface area contributed by atoms with E-state index in [1.54, 1.807) is 23.8 Å². The van der Waals surface area contributed by atoms with Crippen molar-refractivity contribution in [2.75, 3.05) is 17.8 Å². The molecule has 1 aromatic carbocycles. The van der Waals surface area contributed by atoms with Gasteiger partial charge in [0.15, 0.2) is 3.95 Å². The molecule has 104 valence electrons. The number of hydrogen-bond donors (Lipinski definition) is 1. The number of ether oxygens (including phenoxy) is 1. The molecule has 5 nitrogen and oxygen atoms in total. The summed E-state index contributed by atoms with van der Waals surface area (Å²) < 4.78 is 5.72. The molecule has 1 saturated heterocycles. The van der Waals surface area contributed by atoms with Gasteiger partial charge in [-0.05, 0) is 29.9 Å². The predicted octanol–water partition coefficient (Wildman–Crippen LogP) is 2.99. The summed E-state index contributed by atoms with van der Waals surface area (Å²) in [5, 5.41) is 7.38. The van der Waals surface area contributed by atoms with E-state index >= 15 is 0 Å². The summed E-state index contributed by atoms with van der Waals surface area (Å²) >= 11 is 7.93. The van der Waals surface area contributed by atoms with Crippen molar-refractivity contribution in [3.05, 3.63) is 33.8 Å². The molecular formula is C12H11N3O2S3. The van der Waals surface area contributed by atoms with Crippen LogP contribution in [0.2, 0.25) is 0 Å². The number of aromatic nitrogens is 2. The fraction of sp³-hybridized carbons (Fsp3) is 0.250. The molecule has 2 heterocycles. The van der Waals surface area contributed by atoms with Crippen molar-refractivity contribution in [3.8, 4) is 5.75 Å². The highest BCUT2D eigenvalue weighted by Gasteiger charge is 2.35. The van der Waals surface area contributed by atoms with Crippen LogP contribution in [-0.2, 0) is 4.79 Å². The smallest absolute Gasteiger partial charge is 0.240 e. The van der Waals surface area contributed by atoms with Gasteiger partial charge in [0, 0.05) is 0 Å². The minimum absolute atomic E-state index is 0.0496. The maximum atomic E-state index is 12.1. The molecule has 1 fully saturated rings. The summed E-state index contributed by atoms with van der Waals surface area (Å²) in [7, 11) is 1.63. The minimum atomic E-state index is -0.0673. The third kappa shape index (κ3) is 2.46. The zero-order chi connectivity index (χ0) is 14.1. The topological polar surface area (TPSA) is 58.2 Å². The number of carbonyl (C=O) groups is 1. The molecule has 1 amide bonds. The second kappa shape index (κ2) is 5.55. The third-order valence-corrected chi connectivity index (χ3v) is 5.20. The predicted molar refractivity (Wildman–Crippen MR) is 83.0 cm³/mol. The molecule has 1 aliphatic rings. The number of benzene rings is 1. The van der Waals surface area contributed by atoms with Crippen LogP contribution < -0.4 is 9.64 Å². The van der Waals surface area contributed by atoms with Gasteiger partial charge < -0.3 is 4.74 Å². The number of carbonyl (C=O) groups excluding carboxylic acids is 1. The van der Waals surface area contributed by atoms with Gasteiger partial charge in [-0.15, -0.1) is 16.9 Å². The van der Waals surface area contributed by atoms with Crippen LogP contribution in [-0.4, -0.2) is 29.0 Å². The van der Waals surface area contributed by atoms with E-state index in [4.69, 9.17) is 17.0 Å². The van der Waals surface area contributed by atoms with E-state index < -0.39 is 0 Å². The summed E-state index contributed by atoms with van der Waals surface area (Å²) in [4.78, 5) is 13.8. The zero-order valence-corrected chi connectivity index (χ0v) is 13.0. The van der Waals surface area contributed by atoms with Crippen molar-refractivity contribution in [2.45, 2.75) is 5.37 Å². The van der Waals surface area contributed by atoms with Crippen LogP contribution in [0.4, 0.5) is 5.13 Å². The molecule has 0 saturated carbocycles. The summed E-state index contributed by atoms with van der Waals surface area (Å²) in [5.41, 5.74) is 1.04. The molecule has 0 radical (unpaired) electrons. The Balaban J connectivity index is 1.94. The summed E-state index contributed by atoms with van der Waals surface area (Å²) in [6.07, 6.45) is 0. The van der Waals surface area contributed by atoms with Gasteiger partial charge in [0.1, 0.15) is 11.1 Å². The lowest BCUT2D eigenvalue weighted by Crippen LogP contribution is -2.27. The van der Waals surface area contributed by atoms with E-state index in [9.17, 15) is 4.79 Å². The number of thioether (sulfide) groups is 1. The summed E-state index contributed by atoms with van der Waals surface area (Å²) in [6, 6.07) is 7.72. The number of nitrogens with one attached hydrogen (secondary N) is 1. The number of methoxy groups -OCH3 is 1. The minimum Gasteiger partial charge on any atom is -0.497 e. The lowest BCUT2D eigenvalue weighted by molar-refractivity contribution is -0.115. The molecule has 1 aliphatic heterocycles. The molecule has 1 atom stereocenters. The standard InChI is InChI=1S/C12H11N3O2S3/c1-17-8-4-2-7(3-5-8)10-15(9(16)6-19-10)11-13-14-12(18)20-11/h2-5,10H,6H2,1H3,(H,14,18). The number of rotatable bonds is 3. The first-order valence-corrected chi connectivity index (χ1v) is 8.09. The van der Waals surface area contributed by atoms with Gasteiger partial charge in [-0.3, -0.25) is 14.8 Å². The first-order valence-electron chi connectivity index (χ1n) is 5.82. The molecule has 1 N–H and O–H groups in total. The number of H-pyrrole nitrogens is 1. The Kier molecular flexibility index (Phi) is 3.77. The number of anilines is 1. The average molecular weight is 325 g/mol. The van der Waals surface area contributed by atoms with Gasteiger partial charge in [0.05, 0.1) is 12.9 Å². The second-order valence-corrected chi connectivity index (χ2v) is 6.81. The van der Waals surface area contributed by atoms with Crippen molar-refractivity contribution in [1.82, 2.24) is 10.2 Å².